The molecule has 24 heavy (non-hydrogen) atoms. The molecule has 6 heteroatoms. The summed E-state index contributed by atoms with van der Waals surface area (Å²) < 4.78 is 10.9. The molecule has 2 aliphatic carbocycles. The van der Waals surface area contributed by atoms with Gasteiger partial charge in [0.05, 0.1) is 6.54 Å². The molecule has 132 valence electrons. The van der Waals surface area contributed by atoms with Gasteiger partial charge >= 0.3 is 0 Å². The van der Waals surface area contributed by atoms with Crippen molar-refractivity contribution in [2.75, 3.05) is 26.4 Å². The van der Waals surface area contributed by atoms with Gasteiger partial charge in [-0.2, -0.15) is 0 Å². The van der Waals surface area contributed by atoms with Crippen LogP contribution in [0.5, 0.6) is 11.5 Å². The molecule has 2 fully saturated rings. The van der Waals surface area contributed by atoms with Crippen LogP contribution in [0.3, 0.4) is 0 Å². The quantitative estimate of drug-likeness (QED) is 0.403. The fourth-order valence-electron chi connectivity index (χ4n) is 3.05. The van der Waals surface area contributed by atoms with Gasteiger partial charge in [-0.15, -0.1) is 24.0 Å². The second-order valence-corrected chi connectivity index (χ2v) is 6.87. The van der Waals surface area contributed by atoms with Crippen molar-refractivity contribution in [3.63, 3.8) is 0 Å². The fourth-order valence-corrected chi connectivity index (χ4v) is 3.05. The molecular weight excluding hydrogens is 417 g/mol. The van der Waals surface area contributed by atoms with E-state index in [0.29, 0.717) is 6.79 Å². The zero-order chi connectivity index (χ0) is 15.7. The third-order valence-electron chi connectivity index (χ3n) is 4.98. The number of guanidine groups is 1. The molecule has 1 heterocycles. The predicted molar refractivity (Wildman–Crippen MR) is 106 cm³/mol. The molecule has 0 amide bonds. The van der Waals surface area contributed by atoms with Crippen LogP contribution in [0.2, 0.25) is 0 Å². The number of aliphatic imine (C=N–C) groups is 1. The van der Waals surface area contributed by atoms with Crippen molar-refractivity contribution in [2.24, 2.45) is 10.9 Å². The van der Waals surface area contributed by atoms with E-state index in [4.69, 9.17) is 14.5 Å². The van der Waals surface area contributed by atoms with Crippen molar-refractivity contribution in [1.29, 1.82) is 0 Å². The monoisotopic (exact) mass is 443 g/mol. The number of ether oxygens (including phenoxy) is 2. The third kappa shape index (κ3) is 3.90. The summed E-state index contributed by atoms with van der Waals surface area (Å²) in [5, 5.41) is 6.82. The Kier molecular flexibility index (Phi) is 5.42. The van der Waals surface area contributed by atoms with Crippen LogP contribution in [0, 0.1) is 5.92 Å². The molecule has 0 aromatic heterocycles. The molecule has 1 aromatic rings. The van der Waals surface area contributed by atoms with E-state index >= 15 is 0 Å². The lowest BCUT2D eigenvalue weighted by Gasteiger charge is -2.16. The van der Waals surface area contributed by atoms with E-state index in [1.165, 1.54) is 31.2 Å². The lowest BCUT2D eigenvalue weighted by molar-refractivity contribution is 0.174. The van der Waals surface area contributed by atoms with E-state index in [0.717, 1.165) is 43.0 Å². The number of hydrogen-bond donors (Lipinski definition) is 2. The minimum atomic E-state index is 0. The molecule has 0 spiro atoms. The number of hydrogen-bond acceptors (Lipinski definition) is 3. The molecule has 2 N–H and O–H groups in total. The standard InChI is InChI=1S/C18H25N3O2.HI/c1-2-19-17(20-10-13-3-4-13)21-11-18(7-8-18)14-5-6-15-16(9-14)23-12-22-15;/h5-6,9,13H,2-4,7-8,10-12H2,1H3,(H2,19,20,21);1H. The Bertz CT molecular complexity index is 612. The minimum Gasteiger partial charge on any atom is -0.454 e. The molecule has 0 unspecified atom stereocenters. The highest BCUT2D eigenvalue weighted by atomic mass is 127. The first-order valence-electron chi connectivity index (χ1n) is 8.71. The van der Waals surface area contributed by atoms with Crippen LogP contribution in [-0.4, -0.2) is 32.4 Å². The Balaban J connectivity index is 0.00000169. The van der Waals surface area contributed by atoms with Gasteiger partial charge in [0.25, 0.3) is 0 Å². The zero-order valence-corrected chi connectivity index (χ0v) is 16.5. The van der Waals surface area contributed by atoms with Crippen LogP contribution in [0.4, 0.5) is 0 Å². The first-order chi connectivity index (χ1) is 11.3. The first-order valence-corrected chi connectivity index (χ1v) is 8.71. The van der Waals surface area contributed by atoms with Crippen molar-refractivity contribution in [1.82, 2.24) is 10.6 Å². The summed E-state index contributed by atoms with van der Waals surface area (Å²) >= 11 is 0. The lowest BCUT2D eigenvalue weighted by Crippen LogP contribution is -2.39. The van der Waals surface area contributed by atoms with Crippen LogP contribution >= 0.6 is 24.0 Å². The van der Waals surface area contributed by atoms with Gasteiger partial charge in [0.15, 0.2) is 17.5 Å². The Labute approximate surface area is 160 Å². The van der Waals surface area contributed by atoms with E-state index in [-0.39, 0.29) is 29.4 Å². The highest BCUT2D eigenvalue weighted by Crippen LogP contribution is 2.50. The van der Waals surface area contributed by atoms with Gasteiger partial charge in [0, 0.05) is 18.5 Å². The van der Waals surface area contributed by atoms with Crippen LogP contribution in [0.25, 0.3) is 0 Å². The third-order valence-corrected chi connectivity index (χ3v) is 4.98. The first kappa shape index (κ1) is 17.6. The summed E-state index contributed by atoms with van der Waals surface area (Å²) in [6.07, 6.45) is 5.09. The van der Waals surface area contributed by atoms with E-state index in [1.807, 2.05) is 6.07 Å². The molecule has 5 nitrogen and oxygen atoms in total. The summed E-state index contributed by atoms with van der Waals surface area (Å²) in [5.74, 6) is 3.53. The maximum atomic E-state index is 5.52. The number of fused-ring (bicyclic) bond motifs is 1. The molecule has 0 radical (unpaired) electrons. The SMILES string of the molecule is CCNC(=NCC1(c2ccc3c(c2)OCO3)CC1)NCC1CC1.I. The Morgan fingerprint density at radius 1 is 1.21 bits per heavy atom. The highest BCUT2D eigenvalue weighted by Gasteiger charge is 2.44. The van der Waals surface area contributed by atoms with Crippen LogP contribution in [-0.2, 0) is 5.41 Å². The van der Waals surface area contributed by atoms with Gasteiger partial charge in [-0.25, -0.2) is 0 Å². The minimum absolute atomic E-state index is 0. The van der Waals surface area contributed by atoms with Crippen molar-refractivity contribution < 1.29 is 9.47 Å². The highest BCUT2D eigenvalue weighted by molar-refractivity contribution is 14.0. The summed E-state index contributed by atoms with van der Waals surface area (Å²) in [6, 6.07) is 6.33. The number of nitrogens with zero attached hydrogens (tertiary/aromatic N) is 1. The summed E-state index contributed by atoms with van der Waals surface area (Å²) in [6.45, 7) is 5.21. The topological polar surface area (TPSA) is 54.9 Å². The molecule has 0 bridgehead atoms. The largest absolute Gasteiger partial charge is 0.454 e. The van der Waals surface area contributed by atoms with Gasteiger partial charge in [-0.1, -0.05) is 6.07 Å². The predicted octanol–water partition coefficient (Wildman–Crippen LogP) is 3.03. The van der Waals surface area contributed by atoms with Crippen molar-refractivity contribution >= 4 is 29.9 Å². The smallest absolute Gasteiger partial charge is 0.231 e. The lowest BCUT2D eigenvalue weighted by atomic mass is 9.96. The number of nitrogens with one attached hydrogen (secondary N) is 2. The maximum Gasteiger partial charge on any atom is 0.231 e. The molecule has 1 aromatic carbocycles. The van der Waals surface area contributed by atoms with E-state index in [1.54, 1.807) is 0 Å². The van der Waals surface area contributed by atoms with Crippen LogP contribution in [0.1, 0.15) is 38.2 Å². The van der Waals surface area contributed by atoms with E-state index < -0.39 is 0 Å². The van der Waals surface area contributed by atoms with Crippen molar-refractivity contribution in [3.8, 4) is 11.5 Å². The van der Waals surface area contributed by atoms with Gasteiger partial charge in [0.1, 0.15) is 0 Å². The van der Waals surface area contributed by atoms with Gasteiger partial charge in [-0.3, -0.25) is 4.99 Å². The second-order valence-electron chi connectivity index (χ2n) is 6.87. The summed E-state index contributed by atoms with van der Waals surface area (Å²) in [5.41, 5.74) is 1.51. The van der Waals surface area contributed by atoms with Crippen LogP contribution in [0.15, 0.2) is 23.2 Å². The van der Waals surface area contributed by atoms with Gasteiger partial charge in [-0.05, 0) is 56.2 Å². The number of rotatable bonds is 6. The molecule has 4 rings (SSSR count). The normalized spacial score (nSPS) is 20.3. The average molecular weight is 443 g/mol. The molecule has 2 saturated carbocycles. The fraction of sp³-hybridized carbons (Fsp3) is 0.611. The summed E-state index contributed by atoms with van der Waals surface area (Å²) in [4.78, 5) is 4.84. The average Bonchev–Trinajstić information content (AvgIpc) is 3.49. The Morgan fingerprint density at radius 3 is 2.71 bits per heavy atom. The van der Waals surface area contributed by atoms with Crippen molar-refractivity contribution in [3.05, 3.63) is 23.8 Å². The van der Waals surface area contributed by atoms with Crippen molar-refractivity contribution in [2.45, 2.75) is 38.0 Å². The van der Waals surface area contributed by atoms with E-state index in [9.17, 15) is 0 Å². The molecule has 1 aliphatic heterocycles. The Morgan fingerprint density at radius 2 is 2.00 bits per heavy atom. The van der Waals surface area contributed by atoms with E-state index in [2.05, 4.69) is 29.7 Å². The van der Waals surface area contributed by atoms with Gasteiger partial charge < -0.3 is 20.1 Å². The van der Waals surface area contributed by atoms with Crippen LogP contribution < -0.4 is 20.1 Å². The van der Waals surface area contributed by atoms with Gasteiger partial charge in [0.2, 0.25) is 6.79 Å². The molecule has 3 aliphatic rings. The molecule has 0 atom stereocenters. The maximum absolute atomic E-state index is 5.52. The second kappa shape index (κ2) is 7.37. The number of benzene rings is 1. The number of halogens is 1. The molecular formula is C18H26IN3O2. The Hall–Kier alpha value is -1.18. The molecule has 0 saturated heterocycles. The zero-order valence-electron chi connectivity index (χ0n) is 14.1. The summed E-state index contributed by atoms with van der Waals surface area (Å²) in [7, 11) is 0.